The summed E-state index contributed by atoms with van der Waals surface area (Å²) in [7, 11) is -0.294. The van der Waals surface area contributed by atoms with Gasteiger partial charge in [-0.1, -0.05) is 30.3 Å². The highest BCUT2D eigenvalue weighted by Crippen LogP contribution is 2.22. The number of likely N-dealkylation sites (N-methyl/N-ethyl adjacent to an activating group) is 1. The van der Waals surface area contributed by atoms with Crippen molar-refractivity contribution in [2.45, 2.75) is 11.4 Å². The lowest BCUT2D eigenvalue weighted by Gasteiger charge is -2.35. The molecule has 0 atom stereocenters. The summed E-state index contributed by atoms with van der Waals surface area (Å²) in [6.07, 6.45) is 0. The highest BCUT2D eigenvalue weighted by molar-refractivity contribution is 7.89. The molecular formula is C22H26N4O4S. The zero-order valence-electron chi connectivity index (χ0n) is 17.7. The number of rotatable bonds is 7. The first-order chi connectivity index (χ1) is 14.9. The van der Waals surface area contributed by atoms with Crippen LogP contribution in [0.2, 0.25) is 0 Å². The van der Waals surface area contributed by atoms with Crippen molar-refractivity contribution >= 4 is 15.9 Å². The molecule has 0 aliphatic carbocycles. The lowest BCUT2D eigenvalue weighted by molar-refractivity contribution is -0.133. The summed E-state index contributed by atoms with van der Waals surface area (Å²) in [5, 5.41) is 9.22. The summed E-state index contributed by atoms with van der Waals surface area (Å²) in [6, 6.07) is 15.8. The predicted molar refractivity (Wildman–Crippen MR) is 116 cm³/mol. The molecule has 0 radical (unpaired) electrons. The van der Waals surface area contributed by atoms with Crippen LogP contribution in [0.15, 0.2) is 53.4 Å². The molecule has 3 rings (SSSR count). The van der Waals surface area contributed by atoms with Gasteiger partial charge in [-0.2, -0.15) is 9.57 Å². The topological polar surface area (TPSA) is 93.9 Å². The summed E-state index contributed by atoms with van der Waals surface area (Å²) in [4.78, 5) is 16.3. The first-order valence-corrected chi connectivity index (χ1v) is 11.4. The number of nitrogens with zero attached hydrogens (tertiary/aromatic N) is 4. The van der Waals surface area contributed by atoms with Gasteiger partial charge < -0.3 is 9.64 Å². The van der Waals surface area contributed by atoms with Gasteiger partial charge in [0.2, 0.25) is 15.9 Å². The normalized spacial score (nSPS) is 15.0. The fourth-order valence-electron chi connectivity index (χ4n) is 3.61. The quantitative estimate of drug-likeness (QED) is 0.646. The van der Waals surface area contributed by atoms with Gasteiger partial charge in [-0.15, -0.1) is 0 Å². The van der Waals surface area contributed by atoms with Crippen molar-refractivity contribution in [2.24, 2.45) is 0 Å². The monoisotopic (exact) mass is 442 g/mol. The van der Waals surface area contributed by atoms with E-state index < -0.39 is 10.0 Å². The number of carbonyl (C=O) groups is 1. The summed E-state index contributed by atoms with van der Waals surface area (Å²) < 4.78 is 32.6. The minimum Gasteiger partial charge on any atom is -0.496 e. The van der Waals surface area contributed by atoms with Gasteiger partial charge >= 0.3 is 0 Å². The predicted octanol–water partition coefficient (Wildman–Crippen LogP) is 1.53. The molecule has 9 heteroatoms. The van der Waals surface area contributed by atoms with Gasteiger partial charge in [0.05, 0.1) is 24.1 Å². The molecule has 1 heterocycles. The maximum atomic E-state index is 12.9. The SMILES string of the molecule is COc1ccccc1CN(C)CC(=O)N1CCN(S(=O)(=O)c2ccccc2C#N)CC1. The summed E-state index contributed by atoms with van der Waals surface area (Å²) in [5.41, 5.74) is 1.12. The molecule has 0 bridgehead atoms. The zero-order valence-corrected chi connectivity index (χ0v) is 18.5. The Balaban J connectivity index is 1.58. The van der Waals surface area contributed by atoms with Gasteiger partial charge in [0.1, 0.15) is 11.8 Å². The number of benzene rings is 2. The number of amides is 1. The van der Waals surface area contributed by atoms with Gasteiger partial charge in [-0.25, -0.2) is 8.42 Å². The molecule has 1 fully saturated rings. The van der Waals surface area contributed by atoms with Gasteiger partial charge in [0.15, 0.2) is 0 Å². The average molecular weight is 443 g/mol. The number of piperazine rings is 1. The van der Waals surface area contributed by atoms with E-state index >= 15 is 0 Å². The first-order valence-electron chi connectivity index (χ1n) is 9.94. The molecule has 164 valence electrons. The van der Waals surface area contributed by atoms with Crippen LogP contribution in [0.3, 0.4) is 0 Å². The summed E-state index contributed by atoms with van der Waals surface area (Å²) in [5.74, 6) is 0.727. The number of carbonyl (C=O) groups excluding carboxylic acids is 1. The first kappa shape index (κ1) is 22.7. The van der Waals surface area contributed by atoms with Crippen molar-refractivity contribution in [1.82, 2.24) is 14.1 Å². The number of ether oxygens (including phenoxy) is 1. The van der Waals surface area contributed by atoms with Crippen LogP contribution in [0.25, 0.3) is 0 Å². The lowest BCUT2D eigenvalue weighted by atomic mass is 10.2. The maximum absolute atomic E-state index is 12.9. The van der Waals surface area contributed by atoms with Crippen LogP contribution >= 0.6 is 0 Å². The van der Waals surface area contributed by atoms with E-state index in [1.165, 1.54) is 16.4 Å². The van der Waals surface area contributed by atoms with Crippen molar-refractivity contribution in [3.63, 3.8) is 0 Å². The van der Waals surface area contributed by atoms with Crippen LogP contribution in [0, 0.1) is 11.3 Å². The Kier molecular flexibility index (Phi) is 7.28. The summed E-state index contributed by atoms with van der Waals surface area (Å²) in [6.45, 7) is 1.82. The number of nitriles is 1. The van der Waals surface area contributed by atoms with E-state index in [2.05, 4.69) is 0 Å². The zero-order chi connectivity index (χ0) is 22.4. The Morgan fingerprint density at radius 1 is 1.10 bits per heavy atom. The molecule has 1 aliphatic heterocycles. The molecule has 1 amide bonds. The molecular weight excluding hydrogens is 416 g/mol. The van der Waals surface area contributed by atoms with Crippen molar-refractivity contribution in [1.29, 1.82) is 5.26 Å². The second kappa shape index (κ2) is 9.92. The van der Waals surface area contributed by atoms with E-state index in [1.807, 2.05) is 42.3 Å². The van der Waals surface area contributed by atoms with Crippen LogP contribution in [0.5, 0.6) is 5.75 Å². The number of para-hydroxylation sites is 1. The van der Waals surface area contributed by atoms with Crippen LogP contribution in [-0.2, 0) is 21.4 Å². The van der Waals surface area contributed by atoms with Crippen molar-refractivity contribution in [3.8, 4) is 11.8 Å². The average Bonchev–Trinajstić information content (AvgIpc) is 2.79. The van der Waals surface area contributed by atoms with Crippen LogP contribution in [0.4, 0.5) is 0 Å². The molecule has 0 N–H and O–H groups in total. The number of hydrogen-bond donors (Lipinski definition) is 0. The van der Waals surface area contributed by atoms with Crippen LogP contribution < -0.4 is 4.74 Å². The van der Waals surface area contributed by atoms with E-state index in [4.69, 9.17) is 4.74 Å². The van der Waals surface area contributed by atoms with Gasteiger partial charge in [-0.3, -0.25) is 9.69 Å². The van der Waals surface area contributed by atoms with E-state index in [1.54, 1.807) is 24.1 Å². The number of hydrogen-bond acceptors (Lipinski definition) is 6. The molecule has 0 aromatic heterocycles. The third-order valence-electron chi connectivity index (χ3n) is 5.25. The van der Waals surface area contributed by atoms with Gasteiger partial charge in [0.25, 0.3) is 0 Å². The summed E-state index contributed by atoms with van der Waals surface area (Å²) >= 11 is 0. The Labute approximate surface area is 183 Å². The Morgan fingerprint density at radius 3 is 2.42 bits per heavy atom. The highest BCUT2D eigenvalue weighted by atomic mass is 32.2. The van der Waals surface area contributed by atoms with E-state index in [9.17, 15) is 18.5 Å². The molecule has 2 aromatic carbocycles. The molecule has 0 spiro atoms. The highest BCUT2D eigenvalue weighted by Gasteiger charge is 2.31. The van der Waals surface area contributed by atoms with E-state index in [-0.39, 0.29) is 36.0 Å². The van der Waals surface area contributed by atoms with Crippen molar-refractivity contribution < 1.29 is 17.9 Å². The van der Waals surface area contributed by atoms with Crippen LogP contribution in [-0.4, -0.2) is 75.3 Å². The molecule has 0 unspecified atom stereocenters. The maximum Gasteiger partial charge on any atom is 0.244 e. The lowest BCUT2D eigenvalue weighted by Crippen LogP contribution is -2.52. The molecule has 0 saturated carbocycles. The van der Waals surface area contributed by atoms with E-state index in [0.717, 1.165) is 11.3 Å². The smallest absolute Gasteiger partial charge is 0.244 e. The third-order valence-corrected chi connectivity index (χ3v) is 7.21. The second-order valence-electron chi connectivity index (χ2n) is 7.38. The fraction of sp³-hybridized carbons (Fsp3) is 0.364. The van der Waals surface area contributed by atoms with Crippen LogP contribution in [0.1, 0.15) is 11.1 Å². The third kappa shape index (κ3) is 5.22. The standard InChI is InChI=1S/C22H26N4O4S/c1-24(16-19-8-3-5-9-20(19)30-2)17-22(27)25-11-13-26(14-12-25)31(28,29)21-10-6-4-7-18(21)15-23/h3-10H,11-14,16-17H2,1-2H3. The molecule has 1 aliphatic rings. The Hall–Kier alpha value is -2.93. The molecule has 8 nitrogen and oxygen atoms in total. The minimum atomic E-state index is -3.78. The van der Waals surface area contributed by atoms with Crippen molar-refractivity contribution in [2.75, 3.05) is 46.9 Å². The van der Waals surface area contributed by atoms with Gasteiger partial charge in [-0.05, 0) is 25.2 Å². The fourth-order valence-corrected chi connectivity index (χ4v) is 5.18. The second-order valence-corrected chi connectivity index (χ2v) is 9.28. The largest absolute Gasteiger partial charge is 0.496 e. The Morgan fingerprint density at radius 2 is 1.74 bits per heavy atom. The van der Waals surface area contributed by atoms with Crippen molar-refractivity contribution in [3.05, 3.63) is 59.7 Å². The molecule has 2 aromatic rings. The number of sulfonamides is 1. The van der Waals surface area contributed by atoms with Gasteiger partial charge in [0, 0.05) is 38.3 Å². The minimum absolute atomic E-state index is 0.00817. The Bertz CT molecular complexity index is 1070. The molecule has 1 saturated heterocycles. The number of methoxy groups -OCH3 is 1. The molecule has 31 heavy (non-hydrogen) atoms. The van der Waals surface area contributed by atoms with E-state index in [0.29, 0.717) is 19.6 Å².